The molecule has 1 heterocycles. The van der Waals surface area contributed by atoms with E-state index in [0.29, 0.717) is 23.7 Å². The van der Waals surface area contributed by atoms with E-state index in [1.807, 2.05) is 24.3 Å². The Morgan fingerprint density at radius 2 is 2.08 bits per heavy atom. The number of aryl methyl sites for hydroxylation is 1. The Morgan fingerprint density at radius 1 is 1.29 bits per heavy atom. The van der Waals surface area contributed by atoms with Gasteiger partial charge in [0.05, 0.1) is 12.2 Å². The molecule has 0 saturated heterocycles. The van der Waals surface area contributed by atoms with Crippen LogP contribution >= 0.6 is 0 Å². The van der Waals surface area contributed by atoms with Crippen LogP contribution in [0.4, 0.5) is 11.8 Å². The molecule has 6 heteroatoms. The molecule has 0 radical (unpaired) electrons. The molecule has 0 aliphatic heterocycles. The fourth-order valence-corrected chi connectivity index (χ4v) is 2.78. The van der Waals surface area contributed by atoms with Crippen LogP contribution in [0.5, 0.6) is 11.5 Å². The van der Waals surface area contributed by atoms with Gasteiger partial charge in [0.25, 0.3) is 0 Å². The Labute approximate surface area is 141 Å². The Hall–Kier alpha value is -2.63. The minimum Gasteiger partial charge on any atom is -0.452 e. The van der Waals surface area contributed by atoms with Gasteiger partial charge < -0.3 is 15.8 Å². The first-order valence-electron chi connectivity index (χ1n) is 8.34. The van der Waals surface area contributed by atoms with Crippen molar-refractivity contribution >= 4 is 17.5 Å². The third kappa shape index (κ3) is 3.82. The zero-order valence-corrected chi connectivity index (χ0v) is 13.8. The third-order valence-electron chi connectivity index (χ3n) is 4.20. The van der Waals surface area contributed by atoms with Crippen molar-refractivity contribution in [3.05, 3.63) is 36.0 Å². The van der Waals surface area contributed by atoms with Crippen LogP contribution in [0.2, 0.25) is 0 Å². The molecule has 3 N–H and O–H groups in total. The van der Waals surface area contributed by atoms with Crippen molar-refractivity contribution in [1.29, 1.82) is 0 Å². The number of nitrogens with two attached hydrogens (primary N) is 1. The molecule has 1 fully saturated rings. The second kappa shape index (κ2) is 7.29. The molecule has 2 aromatic rings. The predicted molar refractivity (Wildman–Crippen MR) is 93.2 cm³/mol. The van der Waals surface area contributed by atoms with Crippen LogP contribution in [0.1, 0.15) is 38.2 Å². The molecular weight excluding hydrogens is 304 g/mol. The number of hydrogen-bond acceptors (Lipinski definition) is 6. The number of Topliss-reactive ketones (excluding diaryl/α,β-unsaturated/α-hetero) is 1. The molecule has 126 valence electrons. The maximum Gasteiger partial charge on any atom is 0.222 e. The fourth-order valence-electron chi connectivity index (χ4n) is 2.78. The Morgan fingerprint density at radius 3 is 2.79 bits per heavy atom. The lowest BCUT2D eigenvalue weighted by Gasteiger charge is -2.23. The van der Waals surface area contributed by atoms with Crippen molar-refractivity contribution in [3.63, 3.8) is 0 Å². The number of carbonyl (C=O) groups excluding carboxylic acids is 1. The van der Waals surface area contributed by atoms with Crippen molar-refractivity contribution in [3.8, 4) is 11.5 Å². The molecule has 0 spiro atoms. The number of nitrogens with zero attached hydrogens (tertiary/aromatic N) is 2. The van der Waals surface area contributed by atoms with Crippen LogP contribution < -0.4 is 15.8 Å². The summed E-state index contributed by atoms with van der Waals surface area (Å²) in [6.45, 7) is 2.10. The number of ketones is 1. The maximum absolute atomic E-state index is 12.0. The molecule has 0 amide bonds. The third-order valence-corrected chi connectivity index (χ3v) is 4.20. The van der Waals surface area contributed by atoms with E-state index in [4.69, 9.17) is 10.5 Å². The Bertz CT molecular complexity index is 715. The lowest BCUT2D eigenvalue weighted by Crippen LogP contribution is -2.32. The first-order valence-corrected chi connectivity index (χ1v) is 8.34. The predicted octanol–water partition coefficient (Wildman–Crippen LogP) is 3.34. The average molecular weight is 326 g/mol. The van der Waals surface area contributed by atoms with Crippen LogP contribution in [0.15, 0.2) is 30.5 Å². The molecule has 3 rings (SSSR count). The molecule has 1 aromatic heterocycles. The van der Waals surface area contributed by atoms with Gasteiger partial charge in [0.2, 0.25) is 5.95 Å². The van der Waals surface area contributed by atoms with Crippen molar-refractivity contribution in [2.45, 2.75) is 45.1 Å². The number of hydrogen-bond donors (Lipinski definition) is 2. The lowest BCUT2D eigenvalue weighted by molar-refractivity contribution is -0.121. The van der Waals surface area contributed by atoms with Gasteiger partial charge >= 0.3 is 0 Å². The number of nitrogens with one attached hydrogen (secondary N) is 1. The van der Waals surface area contributed by atoms with Crippen LogP contribution in [-0.2, 0) is 11.2 Å². The largest absolute Gasteiger partial charge is 0.452 e. The minimum absolute atomic E-state index is 0.148. The topological polar surface area (TPSA) is 90.1 Å². The average Bonchev–Trinajstić information content (AvgIpc) is 2.60. The maximum atomic E-state index is 12.0. The number of carbonyl (C=O) groups is 1. The SMILES string of the molecule is CCc1ccc(Oc2cnc(N)nc2NC2CCCCC2=O)cc1. The van der Waals surface area contributed by atoms with E-state index < -0.39 is 0 Å². The first-order chi connectivity index (χ1) is 11.7. The molecule has 1 saturated carbocycles. The van der Waals surface area contributed by atoms with Gasteiger partial charge in [0.15, 0.2) is 17.4 Å². The van der Waals surface area contributed by atoms with E-state index in [-0.39, 0.29) is 17.8 Å². The molecule has 1 aromatic carbocycles. The summed E-state index contributed by atoms with van der Waals surface area (Å²) in [6.07, 6.45) is 5.89. The zero-order chi connectivity index (χ0) is 16.9. The highest BCUT2D eigenvalue weighted by atomic mass is 16.5. The van der Waals surface area contributed by atoms with Crippen LogP contribution in [-0.4, -0.2) is 21.8 Å². The van der Waals surface area contributed by atoms with E-state index in [9.17, 15) is 4.79 Å². The van der Waals surface area contributed by atoms with Crippen LogP contribution in [0.3, 0.4) is 0 Å². The molecule has 1 unspecified atom stereocenters. The number of anilines is 2. The quantitative estimate of drug-likeness (QED) is 0.876. The summed E-state index contributed by atoms with van der Waals surface area (Å²) in [7, 11) is 0. The van der Waals surface area contributed by atoms with E-state index in [1.165, 1.54) is 11.8 Å². The fraction of sp³-hybridized carbons (Fsp3) is 0.389. The zero-order valence-electron chi connectivity index (χ0n) is 13.8. The van der Waals surface area contributed by atoms with Crippen LogP contribution in [0, 0.1) is 0 Å². The molecule has 6 nitrogen and oxygen atoms in total. The minimum atomic E-state index is -0.238. The van der Waals surface area contributed by atoms with Gasteiger partial charge in [-0.2, -0.15) is 4.98 Å². The van der Waals surface area contributed by atoms with E-state index in [1.54, 1.807) is 0 Å². The summed E-state index contributed by atoms with van der Waals surface area (Å²) in [5.74, 6) is 1.97. The second-order valence-electron chi connectivity index (χ2n) is 5.95. The molecule has 24 heavy (non-hydrogen) atoms. The standard InChI is InChI=1S/C18H22N4O2/c1-2-12-7-9-13(10-8-12)24-16-11-20-18(19)22-17(16)21-14-5-3-4-6-15(14)23/h7-11,14H,2-6H2,1H3,(H3,19,20,21,22). The van der Waals surface area contributed by atoms with Gasteiger partial charge in [0.1, 0.15) is 5.75 Å². The smallest absolute Gasteiger partial charge is 0.222 e. The number of nitrogen functional groups attached to an aromatic ring is 1. The van der Waals surface area contributed by atoms with Gasteiger partial charge in [0, 0.05) is 6.42 Å². The van der Waals surface area contributed by atoms with Gasteiger partial charge in [-0.1, -0.05) is 25.5 Å². The van der Waals surface area contributed by atoms with Crippen molar-refractivity contribution in [2.75, 3.05) is 11.1 Å². The van der Waals surface area contributed by atoms with E-state index in [0.717, 1.165) is 25.7 Å². The van der Waals surface area contributed by atoms with Gasteiger partial charge in [-0.25, -0.2) is 4.98 Å². The second-order valence-corrected chi connectivity index (χ2v) is 5.95. The summed E-state index contributed by atoms with van der Waals surface area (Å²) < 4.78 is 5.89. The number of ether oxygens (including phenoxy) is 1. The van der Waals surface area contributed by atoms with E-state index in [2.05, 4.69) is 22.2 Å². The van der Waals surface area contributed by atoms with Crippen molar-refractivity contribution in [1.82, 2.24) is 9.97 Å². The molecule has 1 aliphatic rings. The van der Waals surface area contributed by atoms with Gasteiger partial charge in [-0.15, -0.1) is 0 Å². The summed E-state index contributed by atoms with van der Waals surface area (Å²) in [6, 6.07) is 7.62. The molecule has 1 atom stereocenters. The molecule has 1 aliphatic carbocycles. The summed E-state index contributed by atoms with van der Waals surface area (Å²) in [5.41, 5.74) is 6.93. The van der Waals surface area contributed by atoms with Gasteiger partial charge in [-0.3, -0.25) is 4.79 Å². The number of rotatable bonds is 5. The first kappa shape index (κ1) is 16.2. The van der Waals surface area contributed by atoms with Crippen molar-refractivity contribution < 1.29 is 9.53 Å². The van der Waals surface area contributed by atoms with E-state index >= 15 is 0 Å². The number of aromatic nitrogens is 2. The summed E-state index contributed by atoms with van der Waals surface area (Å²) in [5, 5.41) is 3.18. The Balaban J connectivity index is 1.80. The highest BCUT2D eigenvalue weighted by molar-refractivity contribution is 5.87. The van der Waals surface area contributed by atoms with Crippen LogP contribution in [0.25, 0.3) is 0 Å². The molecular formula is C18H22N4O2. The normalized spacial score (nSPS) is 17.5. The Kier molecular flexibility index (Phi) is 4.93. The summed E-state index contributed by atoms with van der Waals surface area (Å²) >= 11 is 0. The van der Waals surface area contributed by atoms with Crippen molar-refractivity contribution in [2.24, 2.45) is 0 Å². The van der Waals surface area contributed by atoms with Gasteiger partial charge in [-0.05, 0) is 37.0 Å². The summed E-state index contributed by atoms with van der Waals surface area (Å²) in [4.78, 5) is 20.3. The lowest BCUT2D eigenvalue weighted by atomic mass is 9.94. The number of benzene rings is 1. The molecule has 0 bridgehead atoms. The monoisotopic (exact) mass is 326 g/mol. The highest BCUT2D eigenvalue weighted by Crippen LogP contribution is 2.30. The highest BCUT2D eigenvalue weighted by Gasteiger charge is 2.24.